The van der Waals surface area contributed by atoms with Crippen molar-refractivity contribution < 1.29 is 57.1 Å². The molecule has 12 nitrogen and oxygen atoms in total. The number of ketones is 1. The average molecular weight is 444 g/mol. The van der Waals surface area contributed by atoms with Gasteiger partial charge in [0.1, 0.15) is 25.4 Å². The molecule has 0 unspecified atom stereocenters. The van der Waals surface area contributed by atoms with Gasteiger partial charge in [0.2, 0.25) is 12.4 Å². The highest BCUT2D eigenvalue weighted by molar-refractivity contribution is 5.91. The Balaban J connectivity index is 2.39. The monoisotopic (exact) mass is 444 g/mol. The van der Waals surface area contributed by atoms with E-state index in [4.69, 9.17) is 33.2 Å². The van der Waals surface area contributed by atoms with Crippen molar-refractivity contribution in [1.29, 1.82) is 0 Å². The molecule has 1 saturated heterocycles. The van der Waals surface area contributed by atoms with Gasteiger partial charge in [0, 0.05) is 27.7 Å². The molecule has 2 rings (SSSR count). The molecule has 0 N–H and O–H groups in total. The molecule has 172 valence electrons. The second-order valence-electron chi connectivity index (χ2n) is 6.71. The van der Waals surface area contributed by atoms with Gasteiger partial charge in [-0.3, -0.25) is 24.0 Å². The smallest absolute Gasteiger partial charge is 0.305 e. The summed E-state index contributed by atoms with van der Waals surface area (Å²) in [7, 11) is 0. The summed E-state index contributed by atoms with van der Waals surface area (Å²) in [6.07, 6.45) is -4.94. The Morgan fingerprint density at radius 2 is 1.52 bits per heavy atom. The van der Waals surface area contributed by atoms with Crippen LogP contribution >= 0.6 is 0 Å². The second-order valence-corrected chi connectivity index (χ2v) is 6.71. The molecule has 31 heavy (non-hydrogen) atoms. The number of rotatable bonds is 7. The lowest BCUT2D eigenvalue weighted by atomic mass is 9.98. The van der Waals surface area contributed by atoms with Crippen LogP contribution in [-0.4, -0.2) is 79.9 Å². The van der Waals surface area contributed by atoms with Crippen LogP contribution in [0.4, 0.5) is 0 Å². The van der Waals surface area contributed by atoms with E-state index in [1.807, 2.05) is 0 Å². The van der Waals surface area contributed by atoms with Gasteiger partial charge in [0.15, 0.2) is 18.2 Å². The van der Waals surface area contributed by atoms with Crippen molar-refractivity contribution >= 4 is 29.7 Å². The third-order valence-electron chi connectivity index (χ3n) is 4.05. The van der Waals surface area contributed by atoms with E-state index in [-0.39, 0.29) is 19.0 Å². The van der Waals surface area contributed by atoms with Crippen molar-refractivity contribution in [2.24, 2.45) is 0 Å². The van der Waals surface area contributed by atoms with Crippen molar-refractivity contribution in [2.75, 3.05) is 13.2 Å². The normalized spacial score (nSPS) is 30.3. The molecule has 0 bridgehead atoms. The zero-order valence-electron chi connectivity index (χ0n) is 17.4. The van der Waals surface area contributed by atoms with Gasteiger partial charge >= 0.3 is 23.9 Å². The molecule has 2 aliphatic heterocycles. The van der Waals surface area contributed by atoms with Gasteiger partial charge < -0.3 is 33.2 Å². The summed E-state index contributed by atoms with van der Waals surface area (Å²) in [6, 6.07) is 0. The van der Waals surface area contributed by atoms with Crippen molar-refractivity contribution in [3.8, 4) is 0 Å². The lowest BCUT2D eigenvalue weighted by molar-refractivity contribution is -0.318. The fourth-order valence-corrected chi connectivity index (χ4v) is 2.97. The van der Waals surface area contributed by atoms with E-state index in [0.29, 0.717) is 0 Å². The fraction of sp³-hybridized carbons (Fsp3) is 0.632. The van der Waals surface area contributed by atoms with E-state index in [2.05, 4.69) is 0 Å². The maximum Gasteiger partial charge on any atom is 0.305 e. The van der Waals surface area contributed by atoms with E-state index >= 15 is 0 Å². The zero-order valence-corrected chi connectivity index (χ0v) is 17.4. The Labute approximate surface area is 177 Å². The Morgan fingerprint density at radius 3 is 2.03 bits per heavy atom. The lowest BCUT2D eigenvalue weighted by Crippen LogP contribution is -2.63. The minimum atomic E-state index is -1.48. The molecule has 0 aliphatic carbocycles. The molecule has 12 heteroatoms. The highest BCUT2D eigenvalue weighted by Crippen LogP contribution is 2.31. The van der Waals surface area contributed by atoms with Crippen LogP contribution in [0, 0.1) is 0 Å². The summed E-state index contributed by atoms with van der Waals surface area (Å²) >= 11 is 0. The molecule has 0 spiro atoms. The van der Waals surface area contributed by atoms with Gasteiger partial charge in [0.05, 0.1) is 0 Å². The number of esters is 4. The molecule has 2 heterocycles. The van der Waals surface area contributed by atoms with Gasteiger partial charge in [-0.2, -0.15) is 0 Å². The SMILES string of the molecule is CC(=O)OC[C@H]1O[C@@H](OC(C)=O)[C@H](OC(C)=O)[C@@H](OC(C)=O)[C@@H]1O[C@@H]1C=CC(=O)CO1. The van der Waals surface area contributed by atoms with Crippen molar-refractivity contribution in [3.63, 3.8) is 0 Å². The van der Waals surface area contributed by atoms with Gasteiger partial charge in [-0.05, 0) is 12.2 Å². The first-order valence-corrected chi connectivity index (χ1v) is 9.35. The number of carbonyl (C=O) groups excluding carboxylic acids is 5. The average Bonchev–Trinajstić information content (AvgIpc) is 2.65. The first-order chi connectivity index (χ1) is 14.6. The Bertz CT molecular complexity index is 744. The quantitative estimate of drug-likeness (QED) is 0.370. The van der Waals surface area contributed by atoms with Crippen LogP contribution in [0.3, 0.4) is 0 Å². The fourth-order valence-electron chi connectivity index (χ4n) is 2.97. The Hall–Kier alpha value is -2.83. The number of carbonyl (C=O) groups is 5. The summed E-state index contributed by atoms with van der Waals surface area (Å²) < 4.78 is 37.4. The maximum absolute atomic E-state index is 11.8. The van der Waals surface area contributed by atoms with Crippen LogP contribution in [0.15, 0.2) is 12.2 Å². The minimum absolute atomic E-state index is 0.245. The summed E-state index contributed by atoms with van der Waals surface area (Å²) in [5.74, 6) is -3.18. The highest BCUT2D eigenvalue weighted by atomic mass is 16.8. The van der Waals surface area contributed by atoms with Crippen LogP contribution in [0.1, 0.15) is 27.7 Å². The Morgan fingerprint density at radius 1 is 0.903 bits per heavy atom. The molecule has 1 fully saturated rings. The zero-order chi connectivity index (χ0) is 23.1. The largest absolute Gasteiger partial charge is 0.463 e. The summed E-state index contributed by atoms with van der Waals surface area (Å²) in [6.45, 7) is 3.90. The predicted molar refractivity (Wildman–Crippen MR) is 96.9 cm³/mol. The molecule has 0 aromatic rings. The van der Waals surface area contributed by atoms with E-state index in [1.165, 1.54) is 19.1 Å². The third-order valence-corrected chi connectivity index (χ3v) is 4.05. The van der Waals surface area contributed by atoms with Crippen molar-refractivity contribution in [2.45, 2.75) is 64.7 Å². The molecular formula is C19H24O12. The topological polar surface area (TPSA) is 150 Å². The summed E-state index contributed by atoms with van der Waals surface area (Å²) in [5, 5.41) is 0. The molecule has 2 aliphatic rings. The van der Waals surface area contributed by atoms with Gasteiger partial charge in [-0.1, -0.05) is 0 Å². The van der Waals surface area contributed by atoms with Crippen LogP contribution in [0.2, 0.25) is 0 Å². The number of ether oxygens (including phenoxy) is 7. The summed E-state index contributed by atoms with van der Waals surface area (Å²) in [4.78, 5) is 57.7. The predicted octanol–water partition coefficient (Wildman–Crippen LogP) is -0.432. The van der Waals surface area contributed by atoms with E-state index in [0.717, 1.165) is 20.8 Å². The molecule has 0 aromatic heterocycles. The first kappa shape index (κ1) is 24.4. The second kappa shape index (κ2) is 11.0. The molecule has 0 radical (unpaired) electrons. The summed E-state index contributed by atoms with van der Waals surface area (Å²) in [5.41, 5.74) is 0. The van der Waals surface area contributed by atoms with Crippen LogP contribution in [-0.2, 0) is 57.1 Å². The minimum Gasteiger partial charge on any atom is -0.463 e. The van der Waals surface area contributed by atoms with Gasteiger partial charge in [-0.15, -0.1) is 0 Å². The van der Waals surface area contributed by atoms with E-state index in [1.54, 1.807) is 0 Å². The van der Waals surface area contributed by atoms with Gasteiger partial charge in [-0.25, -0.2) is 0 Å². The Kier molecular flexibility index (Phi) is 8.65. The molecule has 0 saturated carbocycles. The van der Waals surface area contributed by atoms with E-state index in [9.17, 15) is 24.0 Å². The van der Waals surface area contributed by atoms with Crippen LogP contribution in [0.25, 0.3) is 0 Å². The molecule has 0 aromatic carbocycles. The molecular weight excluding hydrogens is 420 g/mol. The van der Waals surface area contributed by atoms with Gasteiger partial charge in [0.25, 0.3) is 0 Å². The first-order valence-electron chi connectivity index (χ1n) is 9.35. The molecule has 6 atom stereocenters. The highest BCUT2D eigenvalue weighted by Gasteiger charge is 2.53. The third kappa shape index (κ3) is 7.42. The van der Waals surface area contributed by atoms with Crippen LogP contribution in [0.5, 0.6) is 0 Å². The maximum atomic E-state index is 11.8. The van der Waals surface area contributed by atoms with Crippen molar-refractivity contribution in [3.05, 3.63) is 12.2 Å². The standard InChI is InChI=1S/C19H24O12/c1-9(20)25-8-14-16(31-15-6-5-13(24)7-26-15)17(27-10(2)21)18(28-11(3)22)19(30-14)29-12(4)23/h5-6,14-19H,7-8H2,1-4H3/t14-,15-,16-,17+,18-,19-/m1/s1. The van der Waals surface area contributed by atoms with E-state index < -0.39 is 60.9 Å². The van der Waals surface area contributed by atoms with Crippen LogP contribution < -0.4 is 0 Å². The lowest BCUT2D eigenvalue weighted by Gasteiger charge is -2.44. The number of hydrogen-bond acceptors (Lipinski definition) is 12. The molecule has 0 amide bonds. The number of hydrogen-bond donors (Lipinski definition) is 0. The van der Waals surface area contributed by atoms with Crippen molar-refractivity contribution in [1.82, 2.24) is 0 Å².